The molecule has 0 heterocycles. The van der Waals surface area contributed by atoms with Crippen molar-refractivity contribution in [2.24, 2.45) is 0 Å². The molecule has 1 atom stereocenters. The molecule has 1 unspecified atom stereocenters. The van der Waals surface area contributed by atoms with Gasteiger partial charge in [0.2, 0.25) is 5.91 Å². The maximum absolute atomic E-state index is 12.0. The SMILES string of the molecule is CCNCCCNC(=O)C(C)c1cccc([N+](=O)[O-])c1. The van der Waals surface area contributed by atoms with Crippen LogP contribution in [0.1, 0.15) is 31.7 Å². The first-order valence-electron chi connectivity index (χ1n) is 6.79. The highest BCUT2D eigenvalue weighted by Crippen LogP contribution is 2.20. The number of carbonyl (C=O) groups is 1. The van der Waals surface area contributed by atoms with E-state index < -0.39 is 10.8 Å². The molecular weight excluding hydrogens is 258 g/mol. The van der Waals surface area contributed by atoms with Crippen molar-refractivity contribution in [3.8, 4) is 0 Å². The van der Waals surface area contributed by atoms with Gasteiger partial charge in [-0.3, -0.25) is 14.9 Å². The van der Waals surface area contributed by atoms with Gasteiger partial charge in [-0.05, 0) is 32.0 Å². The van der Waals surface area contributed by atoms with Gasteiger partial charge in [0.05, 0.1) is 10.8 Å². The summed E-state index contributed by atoms with van der Waals surface area (Å²) in [6.07, 6.45) is 0.862. The smallest absolute Gasteiger partial charge is 0.269 e. The van der Waals surface area contributed by atoms with E-state index in [1.54, 1.807) is 19.1 Å². The van der Waals surface area contributed by atoms with Gasteiger partial charge in [0.25, 0.3) is 5.69 Å². The quantitative estimate of drug-likeness (QED) is 0.432. The third kappa shape index (κ3) is 4.97. The maximum atomic E-state index is 12.0. The monoisotopic (exact) mass is 279 g/mol. The lowest BCUT2D eigenvalue weighted by Crippen LogP contribution is -2.30. The van der Waals surface area contributed by atoms with Gasteiger partial charge >= 0.3 is 0 Å². The van der Waals surface area contributed by atoms with Gasteiger partial charge in [0, 0.05) is 18.7 Å². The Balaban J connectivity index is 2.51. The number of non-ortho nitro benzene ring substituents is 1. The summed E-state index contributed by atoms with van der Waals surface area (Å²) in [5.41, 5.74) is 0.665. The summed E-state index contributed by atoms with van der Waals surface area (Å²) in [5, 5.41) is 16.7. The molecule has 0 fully saturated rings. The molecule has 0 spiro atoms. The fraction of sp³-hybridized carbons (Fsp3) is 0.500. The van der Waals surface area contributed by atoms with E-state index >= 15 is 0 Å². The summed E-state index contributed by atoms with van der Waals surface area (Å²) in [6.45, 7) is 6.16. The van der Waals surface area contributed by atoms with Gasteiger partial charge in [0.15, 0.2) is 0 Å². The van der Waals surface area contributed by atoms with Crippen molar-refractivity contribution in [3.63, 3.8) is 0 Å². The minimum absolute atomic E-state index is 0.00861. The van der Waals surface area contributed by atoms with Crippen LogP contribution in [0.15, 0.2) is 24.3 Å². The molecule has 1 amide bonds. The minimum atomic E-state index is -0.454. The molecule has 0 saturated heterocycles. The second-order valence-corrected chi connectivity index (χ2v) is 4.57. The zero-order valence-corrected chi connectivity index (χ0v) is 11.9. The summed E-state index contributed by atoms with van der Waals surface area (Å²) in [7, 11) is 0. The molecule has 0 bridgehead atoms. The van der Waals surface area contributed by atoms with Crippen molar-refractivity contribution in [1.29, 1.82) is 0 Å². The first-order chi connectivity index (χ1) is 9.56. The van der Waals surface area contributed by atoms with Crippen LogP contribution < -0.4 is 10.6 Å². The summed E-state index contributed by atoms with van der Waals surface area (Å²) in [4.78, 5) is 22.2. The topological polar surface area (TPSA) is 84.3 Å². The van der Waals surface area contributed by atoms with E-state index in [-0.39, 0.29) is 11.6 Å². The van der Waals surface area contributed by atoms with Crippen molar-refractivity contribution in [3.05, 3.63) is 39.9 Å². The highest BCUT2D eigenvalue weighted by atomic mass is 16.6. The molecule has 0 aromatic heterocycles. The number of hydrogen-bond acceptors (Lipinski definition) is 4. The van der Waals surface area contributed by atoms with Gasteiger partial charge in [-0.15, -0.1) is 0 Å². The van der Waals surface area contributed by atoms with Crippen LogP contribution in [0.5, 0.6) is 0 Å². The van der Waals surface area contributed by atoms with Crippen LogP contribution in [0.2, 0.25) is 0 Å². The third-order valence-corrected chi connectivity index (χ3v) is 3.05. The molecule has 1 rings (SSSR count). The average molecular weight is 279 g/mol. The van der Waals surface area contributed by atoms with Gasteiger partial charge in [-0.2, -0.15) is 0 Å². The number of rotatable bonds is 8. The standard InChI is InChI=1S/C14H21N3O3/c1-3-15-8-5-9-16-14(18)11(2)12-6-4-7-13(10-12)17(19)20/h4,6-7,10-11,15H,3,5,8-9H2,1-2H3,(H,16,18). The lowest BCUT2D eigenvalue weighted by molar-refractivity contribution is -0.384. The second kappa shape index (κ2) is 8.27. The molecule has 20 heavy (non-hydrogen) atoms. The van der Waals surface area contributed by atoms with Crippen molar-refractivity contribution in [2.45, 2.75) is 26.2 Å². The molecule has 0 radical (unpaired) electrons. The van der Waals surface area contributed by atoms with E-state index in [2.05, 4.69) is 10.6 Å². The Labute approximate surface area is 118 Å². The van der Waals surface area contributed by atoms with Crippen LogP contribution in [0.25, 0.3) is 0 Å². The highest BCUT2D eigenvalue weighted by Gasteiger charge is 2.17. The number of nitrogens with one attached hydrogen (secondary N) is 2. The summed E-state index contributed by atoms with van der Waals surface area (Å²) in [5.74, 6) is -0.504. The largest absolute Gasteiger partial charge is 0.356 e. The molecule has 2 N–H and O–H groups in total. The van der Waals surface area contributed by atoms with E-state index in [1.165, 1.54) is 12.1 Å². The number of nitrogens with zero attached hydrogens (tertiary/aromatic N) is 1. The normalized spacial score (nSPS) is 11.9. The first-order valence-corrected chi connectivity index (χ1v) is 6.79. The molecule has 110 valence electrons. The fourth-order valence-corrected chi connectivity index (χ4v) is 1.81. The Morgan fingerprint density at radius 2 is 2.15 bits per heavy atom. The van der Waals surface area contributed by atoms with Crippen LogP contribution in [0, 0.1) is 10.1 Å². The molecule has 0 aliphatic rings. The second-order valence-electron chi connectivity index (χ2n) is 4.57. The zero-order chi connectivity index (χ0) is 15.0. The fourth-order valence-electron chi connectivity index (χ4n) is 1.81. The Bertz CT molecular complexity index is 463. The van der Waals surface area contributed by atoms with Crippen LogP contribution in [-0.2, 0) is 4.79 Å². The zero-order valence-electron chi connectivity index (χ0n) is 11.9. The van der Waals surface area contributed by atoms with Gasteiger partial charge in [-0.1, -0.05) is 19.1 Å². The van der Waals surface area contributed by atoms with E-state index in [4.69, 9.17) is 0 Å². The minimum Gasteiger partial charge on any atom is -0.356 e. The predicted molar refractivity (Wildman–Crippen MR) is 77.7 cm³/mol. The van der Waals surface area contributed by atoms with Crippen molar-refractivity contribution in [2.75, 3.05) is 19.6 Å². The van der Waals surface area contributed by atoms with E-state index in [0.717, 1.165) is 19.5 Å². The number of benzene rings is 1. The lowest BCUT2D eigenvalue weighted by atomic mass is 10.00. The molecular formula is C14H21N3O3. The number of nitro groups is 1. The molecule has 0 aliphatic carbocycles. The Morgan fingerprint density at radius 3 is 2.80 bits per heavy atom. The van der Waals surface area contributed by atoms with Gasteiger partial charge in [0.1, 0.15) is 0 Å². The summed E-state index contributed by atoms with van der Waals surface area (Å²) >= 11 is 0. The molecule has 0 aliphatic heterocycles. The summed E-state index contributed by atoms with van der Waals surface area (Å²) < 4.78 is 0. The highest BCUT2D eigenvalue weighted by molar-refractivity contribution is 5.83. The number of amides is 1. The number of hydrogen-bond donors (Lipinski definition) is 2. The van der Waals surface area contributed by atoms with Crippen LogP contribution in [0.3, 0.4) is 0 Å². The van der Waals surface area contributed by atoms with E-state index in [9.17, 15) is 14.9 Å². The van der Waals surface area contributed by atoms with Crippen LogP contribution in [-0.4, -0.2) is 30.5 Å². The number of carbonyl (C=O) groups excluding carboxylic acids is 1. The predicted octanol–water partition coefficient (Wildman–Crippen LogP) is 1.81. The lowest BCUT2D eigenvalue weighted by Gasteiger charge is -2.12. The molecule has 6 heteroatoms. The van der Waals surface area contributed by atoms with E-state index in [0.29, 0.717) is 12.1 Å². The Kier molecular flexibility index (Phi) is 6.66. The Morgan fingerprint density at radius 1 is 1.40 bits per heavy atom. The molecule has 1 aromatic rings. The molecule has 1 aromatic carbocycles. The van der Waals surface area contributed by atoms with Crippen molar-refractivity contribution in [1.82, 2.24) is 10.6 Å². The van der Waals surface area contributed by atoms with Crippen LogP contribution in [0.4, 0.5) is 5.69 Å². The van der Waals surface area contributed by atoms with Crippen molar-refractivity contribution < 1.29 is 9.72 Å². The van der Waals surface area contributed by atoms with Gasteiger partial charge < -0.3 is 10.6 Å². The van der Waals surface area contributed by atoms with Crippen LogP contribution >= 0.6 is 0 Å². The number of nitro benzene ring substituents is 1. The third-order valence-electron chi connectivity index (χ3n) is 3.05. The summed E-state index contributed by atoms with van der Waals surface area (Å²) in [6, 6.07) is 6.20. The maximum Gasteiger partial charge on any atom is 0.269 e. The molecule has 0 saturated carbocycles. The van der Waals surface area contributed by atoms with Gasteiger partial charge in [-0.25, -0.2) is 0 Å². The molecule has 6 nitrogen and oxygen atoms in total. The van der Waals surface area contributed by atoms with E-state index in [1.807, 2.05) is 6.92 Å². The van der Waals surface area contributed by atoms with Crippen molar-refractivity contribution >= 4 is 11.6 Å². The Hall–Kier alpha value is -1.95. The average Bonchev–Trinajstić information content (AvgIpc) is 2.46. The first kappa shape index (κ1) is 16.1.